The van der Waals surface area contributed by atoms with E-state index in [1.54, 1.807) is 25.3 Å². The van der Waals surface area contributed by atoms with Crippen molar-refractivity contribution < 1.29 is 19.4 Å². The molecule has 0 heterocycles. The molecule has 0 aliphatic rings. The number of methoxy groups -OCH3 is 1. The minimum atomic E-state index is -0.967. The highest BCUT2D eigenvalue weighted by Crippen LogP contribution is 2.35. The van der Waals surface area contributed by atoms with Crippen molar-refractivity contribution in [3.05, 3.63) is 47.0 Å². The number of benzene rings is 2. The largest absolute Gasteiger partial charge is 0.496 e. The van der Waals surface area contributed by atoms with E-state index >= 15 is 0 Å². The Balaban J connectivity index is 2.48. The van der Waals surface area contributed by atoms with Gasteiger partial charge in [-0.1, -0.05) is 6.92 Å². The third kappa shape index (κ3) is 3.65. The number of ether oxygens (including phenoxy) is 2. The van der Waals surface area contributed by atoms with Crippen LogP contribution in [-0.2, 0) is 0 Å². The van der Waals surface area contributed by atoms with E-state index in [9.17, 15) is 4.79 Å². The second-order valence-corrected chi connectivity index (χ2v) is 5.51. The molecular weight excluding hydrogens is 292 g/mol. The number of hydrogen-bond donors (Lipinski definition) is 1. The molecule has 2 aromatic rings. The summed E-state index contributed by atoms with van der Waals surface area (Å²) in [5.74, 6) is 0.494. The average molecular weight is 314 g/mol. The second kappa shape index (κ2) is 7.18. The van der Waals surface area contributed by atoms with Crippen molar-refractivity contribution >= 4 is 5.97 Å². The van der Waals surface area contributed by atoms with Crippen LogP contribution in [0, 0.1) is 13.8 Å². The quantitative estimate of drug-likeness (QED) is 0.855. The maximum absolute atomic E-state index is 11.1. The number of rotatable bonds is 6. The zero-order chi connectivity index (χ0) is 17.0. The topological polar surface area (TPSA) is 55.8 Å². The zero-order valence-electron chi connectivity index (χ0n) is 14.0. The van der Waals surface area contributed by atoms with Crippen molar-refractivity contribution in [2.24, 2.45) is 0 Å². The van der Waals surface area contributed by atoms with Crippen LogP contribution in [0.2, 0.25) is 0 Å². The summed E-state index contributed by atoms with van der Waals surface area (Å²) in [6.07, 6.45) is 0.963. The molecule has 2 rings (SSSR count). The van der Waals surface area contributed by atoms with Crippen LogP contribution in [0.1, 0.15) is 34.8 Å². The fraction of sp³-hybridized carbons (Fsp3) is 0.316. The molecule has 122 valence electrons. The van der Waals surface area contributed by atoms with Crippen LogP contribution in [-0.4, -0.2) is 24.8 Å². The third-order valence-electron chi connectivity index (χ3n) is 3.67. The summed E-state index contributed by atoms with van der Waals surface area (Å²) in [5.41, 5.74) is 4.17. The van der Waals surface area contributed by atoms with Crippen molar-refractivity contribution in [3.8, 4) is 22.6 Å². The summed E-state index contributed by atoms with van der Waals surface area (Å²) >= 11 is 0. The maximum Gasteiger partial charge on any atom is 0.335 e. The predicted molar refractivity (Wildman–Crippen MR) is 90.6 cm³/mol. The fourth-order valence-electron chi connectivity index (χ4n) is 2.60. The molecule has 1 N–H and O–H groups in total. The molecule has 0 radical (unpaired) electrons. The number of aryl methyl sites for hydroxylation is 2. The van der Waals surface area contributed by atoms with Crippen LogP contribution in [0.25, 0.3) is 11.1 Å². The SMILES string of the molecule is CCCOc1c(C)cc(-c2ccc(C(=O)O)cc2OC)cc1C. The van der Waals surface area contributed by atoms with Gasteiger partial charge in [0, 0.05) is 5.56 Å². The fourth-order valence-corrected chi connectivity index (χ4v) is 2.60. The first-order chi connectivity index (χ1) is 11.0. The molecule has 0 bridgehead atoms. The van der Waals surface area contributed by atoms with Crippen molar-refractivity contribution in [2.45, 2.75) is 27.2 Å². The van der Waals surface area contributed by atoms with E-state index in [1.807, 2.05) is 26.0 Å². The standard InChI is InChI=1S/C19H22O4/c1-5-8-23-18-12(2)9-15(10-13(18)3)16-7-6-14(19(20)21)11-17(16)22-4/h6-7,9-11H,5,8H2,1-4H3,(H,20,21). The smallest absolute Gasteiger partial charge is 0.335 e. The van der Waals surface area contributed by atoms with Gasteiger partial charge in [0.15, 0.2) is 0 Å². The lowest BCUT2D eigenvalue weighted by molar-refractivity contribution is 0.0696. The Morgan fingerprint density at radius 1 is 1.13 bits per heavy atom. The van der Waals surface area contributed by atoms with Gasteiger partial charge in [0.05, 0.1) is 19.3 Å². The van der Waals surface area contributed by atoms with Crippen LogP contribution < -0.4 is 9.47 Å². The molecule has 4 nitrogen and oxygen atoms in total. The van der Waals surface area contributed by atoms with Crippen molar-refractivity contribution in [1.29, 1.82) is 0 Å². The first kappa shape index (κ1) is 16.9. The lowest BCUT2D eigenvalue weighted by Gasteiger charge is -2.15. The summed E-state index contributed by atoms with van der Waals surface area (Å²) in [6, 6.07) is 8.99. The molecule has 0 saturated carbocycles. The van der Waals surface area contributed by atoms with Gasteiger partial charge < -0.3 is 14.6 Å². The Morgan fingerprint density at radius 3 is 2.30 bits per heavy atom. The minimum absolute atomic E-state index is 0.210. The van der Waals surface area contributed by atoms with Gasteiger partial charge in [-0.2, -0.15) is 0 Å². The predicted octanol–water partition coefficient (Wildman–Crippen LogP) is 4.47. The maximum atomic E-state index is 11.1. The Hall–Kier alpha value is -2.49. The molecule has 23 heavy (non-hydrogen) atoms. The van der Waals surface area contributed by atoms with Gasteiger partial charge in [0.2, 0.25) is 0 Å². The second-order valence-electron chi connectivity index (χ2n) is 5.51. The molecule has 0 aliphatic heterocycles. The molecular formula is C19H22O4. The van der Waals surface area contributed by atoms with Crippen LogP contribution >= 0.6 is 0 Å². The van der Waals surface area contributed by atoms with Gasteiger partial charge in [-0.25, -0.2) is 4.79 Å². The number of hydrogen-bond acceptors (Lipinski definition) is 3. The summed E-state index contributed by atoms with van der Waals surface area (Å²) in [4.78, 5) is 11.1. The highest BCUT2D eigenvalue weighted by molar-refractivity contribution is 5.90. The van der Waals surface area contributed by atoms with Gasteiger partial charge >= 0.3 is 5.97 Å². The lowest BCUT2D eigenvalue weighted by Crippen LogP contribution is -2.01. The Morgan fingerprint density at radius 2 is 1.78 bits per heavy atom. The van der Waals surface area contributed by atoms with Gasteiger partial charge in [-0.3, -0.25) is 0 Å². The molecule has 0 atom stereocenters. The molecule has 0 aromatic heterocycles. The summed E-state index contributed by atoms with van der Waals surface area (Å²) in [6.45, 7) is 6.80. The van der Waals surface area contributed by atoms with Gasteiger partial charge in [0.25, 0.3) is 0 Å². The Bertz CT molecular complexity index is 696. The van der Waals surface area contributed by atoms with Crippen LogP contribution in [0.15, 0.2) is 30.3 Å². The molecule has 0 fully saturated rings. The monoisotopic (exact) mass is 314 g/mol. The van der Waals surface area contributed by atoms with Crippen LogP contribution in [0.5, 0.6) is 11.5 Å². The molecule has 0 aliphatic carbocycles. The summed E-state index contributed by atoms with van der Waals surface area (Å²) in [5, 5.41) is 9.10. The van der Waals surface area contributed by atoms with Gasteiger partial charge in [-0.15, -0.1) is 0 Å². The molecule has 0 saturated heterocycles. The van der Waals surface area contributed by atoms with Crippen molar-refractivity contribution in [1.82, 2.24) is 0 Å². The van der Waals surface area contributed by atoms with Crippen LogP contribution in [0.3, 0.4) is 0 Å². The van der Waals surface area contributed by atoms with E-state index in [1.165, 1.54) is 0 Å². The van der Waals surface area contributed by atoms with Crippen LogP contribution in [0.4, 0.5) is 0 Å². The van der Waals surface area contributed by atoms with E-state index in [0.29, 0.717) is 12.4 Å². The molecule has 2 aromatic carbocycles. The van der Waals surface area contributed by atoms with E-state index in [-0.39, 0.29) is 5.56 Å². The highest BCUT2D eigenvalue weighted by Gasteiger charge is 2.13. The normalized spacial score (nSPS) is 10.4. The number of carboxylic acids is 1. The molecule has 0 spiro atoms. The lowest BCUT2D eigenvalue weighted by atomic mass is 9.98. The van der Waals surface area contributed by atoms with E-state index < -0.39 is 5.97 Å². The number of carboxylic acid groups (broad SMARTS) is 1. The molecule has 4 heteroatoms. The zero-order valence-corrected chi connectivity index (χ0v) is 14.0. The van der Waals surface area contributed by atoms with E-state index in [0.717, 1.165) is 34.4 Å². The summed E-state index contributed by atoms with van der Waals surface area (Å²) < 4.78 is 11.2. The Kier molecular flexibility index (Phi) is 5.27. The molecule has 0 unspecified atom stereocenters. The highest BCUT2D eigenvalue weighted by atomic mass is 16.5. The first-order valence-corrected chi connectivity index (χ1v) is 7.63. The van der Waals surface area contributed by atoms with Gasteiger partial charge in [0.1, 0.15) is 11.5 Å². The third-order valence-corrected chi connectivity index (χ3v) is 3.67. The average Bonchev–Trinajstić information content (AvgIpc) is 2.53. The van der Waals surface area contributed by atoms with E-state index in [4.69, 9.17) is 14.6 Å². The van der Waals surface area contributed by atoms with Gasteiger partial charge in [-0.05, 0) is 67.3 Å². The Labute approximate surface area is 136 Å². The first-order valence-electron chi connectivity index (χ1n) is 7.63. The summed E-state index contributed by atoms with van der Waals surface area (Å²) in [7, 11) is 1.54. The minimum Gasteiger partial charge on any atom is -0.496 e. The van der Waals surface area contributed by atoms with E-state index in [2.05, 4.69) is 6.92 Å². The number of aromatic carboxylic acids is 1. The number of carbonyl (C=O) groups is 1. The molecule has 0 amide bonds. The van der Waals surface area contributed by atoms with Crippen molar-refractivity contribution in [3.63, 3.8) is 0 Å². The van der Waals surface area contributed by atoms with Crippen molar-refractivity contribution in [2.75, 3.05) is 13.7 Å².